The first-order valence-electron chi connectivity index (χ1n) is 8.05. The molecule has 0 aliphatic rings. The molecular formula is C17H34Sn. The van der Waals surface area contributed by atoms with E-state index >= 15 is 0 Å². The van der Waals surface area contributed by atoms with Gasteiger partial charge < -0.3 is 0 Å². The molecule has 1 heteroatoms. The Morgan fingerprint density at radius 2 is 1.17 bits per heavy atom. The topological polar surface area (TPSA) is 0 Å². The summed E-state index contributed by atoms with van der Waals surface area (Å²) in [5.41, 5.74) is 0. The maximum absolute atomic E-state index is 2.72. The molecule has 0 radical (unpaired) electrons. The van der Waals surface area contributed by atoms with Gasteiger partial charge in [0.1, 0.15) is 0 Å². The molecule has 0 unspecified atom stereocenters. The molecule has 0 amide bonds. The Kier molecular flexibility index (Phi) is 12.5. The minimum absolute atomic E-state index is 1.37. The Morgan fingerprint density at radius 3 is 1.50 bits per heavy atom. The van der Waals surface area contributed by atoms with E-state index in [0.29, 0.717) is 0 Å². The van der Waals surface area contributed by atoms with Crippen LogP contribution >= 0.6 is 0 Å². The van der Waals surface area contributed by atoms with Gasteiger partial charge in [-0.25, -0.2) is 0 Å². The van der Waals surface area contributed by atoms with Gasteiger partial charge in [-0.2, -0.15) is 0 Å². The number of hydrogen-bond donors (Lipinski definition) is 0. The van der Waals surface area contributed by atoms with Crippen molar-refractivity contribution in [2.75, 3.05) is 0 Å². The van der Waals surface area contributed by atoms with E-state index in [0.717, 1.165) is 0 Å². The quantitative estimate of drug-likeness (QED) is 0.292. The van der Waals surface area contributed by atoms with Crippen molar-refractivity contribution in [1.29, 1.82) is 0 Å². The molecular weight excluding hydrogens is 323 g/mol. The van der Waals surface area contributed by atoms with Crippen molar-refractivity contribution >= 4 is 18.4 Å². The van der Waals surface area contributed by atoms with Gasteiger partial charge in [0, 0.05) is 0 Å². The summed E-state index contributed by atoms with van der Waals surface area (Å²) in [6.07, 6.45) is 15.3. The van der Waals surface area contributed by atoms with E-state index in [1.165, 1.54) is 38.5 Å². The Balaban J connectivity index is 4.72. The van der Waals surface area contributed by atoms with Crippen molar-refractivity contribution in [3.8, 4) is 0 Å². The minimum atomic E-state index is -1.95. The van der Waals surface area contributed by atoms with Crippen LogP contribution in [0.4, 0.5) is 0 Å². The number of allylic oxidation sites excluding steroid dienone is 3. The van der Waals surface area contributed by atoms with Gasteiger partial charge in [0.05, 0.1) is 0 Å². The van der Waals surface area contributed by atoms with Crippen LogP contribution in [0.15, 0.2) is 22.3 Å². The van der Waals surface area contributed by atoms with Crippen LogP contribution in [0, 0.1) is 0 Å². The van der Waals surface area contributed by atoms with Gasteiger partial charge in [-0.1, -0.05) is 0 Å². The molecule has 0 rings (SSSR count). The molecule has 0 heterocycles. The van der Waals surface area contributed by atoms with Gasteiger partial charge >= 0.3 is 120 Å². The fourth-order valence-electron chi connectivity index (χ4n) is 2.58. The van der Waals surface area contributed by atoms with Crippen LogP contribution in [-0.2, 0) is 0 Å². The van der Waals surface area contributed by atoms with Crippen LogP contribution in [0.3, 0.4) is 0 Å². The number of unbranched alkanes of at least 4 members (excludes halogenated alkanes) is 3. The van der Waals surface area contributed by atoms with Gasteiger partial charge in [-0.05, 0) is 0 Å². The summed E-state index contributed by atoms with van der Waals surface area (Å²) >= 11 is -1.95. The van der Waals surface area contributed by atoms with Gasteiger partial charge in [-0.15, -0.1) is 0 Å². The summed E-state index contributed by atoms with van der Waals surface area (Å²) in [7, 11) is 0. The van der Waals surface area contributed by atoms with Crippen LogP contribution < -0.4 is 0 Å². The van der Waals surface area contributed by atoms with Crippen molar-refractivity contribution in [3.63, 3.8) is 0 Å². The third-order valence-corrected chi connectivity index (χ3v) is 18.0. The summed E-state index contributed by atoms with van der Waals surface area (Å²) in [5, 5.41) is 0. The van der Waals surface area contributed by atoms with Crippen molar-refractivity contribution in [2.45, 2.75) is 79.5 Å². The normalized spacial score (nSPS) is 12.9. The van der Waals surface area contributed by atoms with Gasteiger partial charge in [0.2, 0.25) is 0 Å². The summed E-state index contributed by atoms with van der Waals surface area (Å²) in [6.45, 7) is 9.13. The zero-order valence-corrected chi connectivity index (χ0v) is 16.0. The van der Waals surface area contributed by atoms with Crippen LogP contribution in [0.1, 0.15) is 66.2 Å². The standard InChI is InChI=1S/C5H7.3C4H9.Sn/c1-3-5-4-2;3*1-3-4-2;/h1,3-5H,2H3;3*1,3-4H2,2H3;/b3-1?,5-4-;;;;. The molecule has 0 aromatic heterocycles. The van der Waals surface area contributed by atoms with Crippen LogP contribution in [0.25, 0.3) is 0 Å². The Labute approximate surface area is 120 Å². The predicted molar refractivity (Wildman–Crippen MR) is 88.9 cm³/mol. The first-order chi connectivity index (χ1) is 8.74. The molecule has 0 saturated carbocycles. The van der Waals surface area contributed by atoms with Gasteiger partial charge in [-0.3, -0.25) is 0 Å². The Hall–Kier alpha value is 0.279. The SMILES string of the molecule is C/C=C\C=[CH]\[Sn]([CH2]CCC)([CH2]CCC)[CH2]CCC. The molecule has 106 valence electrons. The van der Waals surface area contributed by atoms with E-state index in [4.69, 9.17) is 0 Å². The van der Waals surface area contributed by atoms with Crippen molar-refractivity contribution in [2.24, 2.45) is 0 Å². The fraction of sp³-hybridized carbons (Fsp3) is 0.765. The Bertz CT molecular complexity index is 206. The third kappa shape index (κ3) is 8.39. The summed E-state index contributed by atoms with van der Waals surface area (Å²) < 4.78 is 7.47. The van der Waals surface area contributed by atoms with E-state index < -0.39 is 18.4 Å². The van der Waals surface area contributed by atoms with Crippen molar-refractivity contribution in [3.05, 3.63) is 22.3 Å². The molecule has 0 aliphatic carbocycles. The first kappa shape index (κ1) is 18.3. The molecule has 0 fully saturated rings. The molecule has 18 heavy (non-hydrogen) atoms. The number of rotatable bonds is 11. The molecule has 0 N–H and O–H groups in total. The average molecular weight is 357 g/mol. The molecule has 0 spiro atoms. The summed E-state index contributed by atoms with van der Waals surface area (Å²) in [6, 6.07) is 0. The zero-order valence-electron chi connectivity index (χ0n) is 13.2. The number of hydrogen-bond acceptors (Lipinski definition) is 0. The van der Waals surface area contributed by atoms with E-state index in [-0.39, 0.29) is 0 Å². The zero-order chi connectivity index (χ0) is 13.7. The molecule has 0 atom stereocenters. The second-order valence-corrected chi connectivity index (χ2v) is 18.6. The molecule has 0 nitrogen and oxygen atoms in total. The Morgan fingerprint density at radius 1 is 0.722 bits per heavy atom. The van der Waals surface area contributed by atoms with Crippen LogP contribution in [0.2, 0.25) is 13.3 Å². The molecule has 0 aromatic rings. The second-order valence-electron chi connectivity index (χ2n) is 5.56. The predicted octanol–water partition coefficient (Wildman–Crippen LogP) is 6.51. The van der Waals surface area contributed by atoms with Gasteiger partial charge in [0.25, 0.3) is 0 Å². The monoisotopic (exact) mass is 358 g/mol. The molecule has 0 saturated heterocycles. The van der Waals surface area contributed by atoms with Gasteiger partial charge in [0.15, 0.2) is 0 Å². The molecule has 0 aromatic carbocycles. The maximum atomic E-state index is 2.72. The average Bonchev–Trinajstić information content (AvgIpc) is 2.40. The third-order valence-electron chi connectivity index (χ3n) is 3.84. The van der Waals surface area contributed by atoms with E-state index in [1.54, 1.807) is 13.3 Å². The van der Waals surface area contributed by atoms with E-state index in [1.807, 2.05) is 0 Å². The van der Waals surface area contributed by atoms with Crippen LogP contribution in [-0.4, -0.2) is 18.4 Å². The second kappa shape index (κ2) is 12.3. The van der Waals surface area contributed by atoms with E-state index in [9.17, 15) is 0 Å². The molecule has 0 aliphatic heterocycles. The molecule has 0 bridgehead atoms. The van der Waals surface area contributed by atoms with Crippen molar-refractivity contribution in [1.82, 2.24) is 0 Å². The van der Waals surface area contributed by atoms with E-state index in [2.05, 4.69) is 50.0 Å². The fourth-order valence-corrected chi connectivity index (χ4v) is 16.7. The van der Waals surface area contributed by atoms with Crippen LogP contribution in [0.5, 0.6) is 0 Å². The summed E-state index contributed by atoms with van der Waals surface area (Å²) in [4.78, 5) is 0. The first-order valence-corrected chi connectivity index (χ1v) is 15.8. The van der Waals surface area contributed by atoms with Crippen molar-refractivity contribution < 1.29 is 0 Å². The summed E-state index contributed by atoms with van der Waals surface area (Å²) in [5.74, 6) is 0.